The lowest BCUT2D eigenvalue weighted by Gasteiger charge is -2.70. The van der Waals surface area contributed by atoms with Crippen LogP contribution in [0, 0.1) is 21.7 Å². The molecule has 0 saturated heterocycles. The van der Waals surface area contributed by atoms with Gasteiger partial charge in [0.1, 0.15) is 0 Å². The maximum absolute atomic E-state index is 6.37. The van der Waals surface area contributed by atoms with Gasteiger partial charge in [0.2, 0.25) is 0 Å². The summed E-state index contributed by atoms with van der Waals surface area (Å²) in [6, 6.07) is 0.381. The fraction of sp³-hybridized carbons (Fsp3) is 1.00. The molecule has 4 rings (SSSR count). The topological polar surface area (TPSA) is 26.0 Å². The molecule has 4 fully saturated rings. The van der Waals surface area contributed by atoms with Crippen molar-refractivity contribution in [3.05, 3.63) is 0 Å². The SMILES string of the molecule is CC(N)C12CC3(C)CC(C)(CC(C)(C3)C1)C2. The molecule has 0 heterocycles. The molecule has 16 heavy (non-hydrogen) atoms. The van der Waals surface area contributed by atoms with Crippen molar-refractivity contribution in [1.82, 2.24) is 0 Å². The molecule has 0 amide bonds. The van der Waals surface area contributed by atoms with Gasteiger partial charge in [-0.3, -0.25) is 0 Å². The van der Waals surface area contributed by atoms with Gasteiger partial charge in [0.15, 0.2) is 0 Å². The van der Waals surface area contributed by atoms with Gasteiger partial charge in [-0.05, 0) is 67.1 Å². The van der Waals surface area contributed by atoms with Crippen LogP contribution in [0.2, 0.25) is 0 Å². The van der Waals surface area contributed by atoms with E-state index < -0.39 is 0 Å². The summed E-state index contributed by atoms with van der Waals surface area (Å²) in [5, 5.41) is 0. The maximum Gasteiger partial charge on any atom is 0.00676 e. The second-order valence-electron chi connectivity index (χ2n) is 8.64. The second-order valence-corrected chi connectivity index (χ2v) is 8.64. The van der Waals surface area contributed by atoms with Crippen LogP contribution in [0.25, 0.3) is 0 Å². The second kappa shape index (κ2) is 2.68. The van der Waals surface area contributed by atoms with Gasteiger partial charge in [0.05, 0.1) is 0 Å². The lowest BCUT2D eigenvalue weighted by atomic mass is 9.35. The summed E-state index contributed by atoms with van der Waals surface area (Å²) < 4.78 is 0. The Morgan fingerprint density at radius 1 is 0.750 bits per heavy atom. The molecule has 0 aromatic carbocycles. The van der Waals surface area contributed by atoms with Gasteiger partial charge >= 0.3 is 0 Å². The Balaban J connectivity index is 2.07. The molecule has 0 radical (unpaired) electrons. The monoisotopic (exact) mass is 221 g/mol. The summed E-state index contributed by atoms with van der Waals surface area (Å²) in [6.45, 7) is 9.83. The Bertz CT molecular complexity index is 277. The zero-order valence-electron chi connectivity index (χ0n) is 11.4. The van der Waals surface area contributed by atoms with Crippen LogP contribution in [0.3, 0.4) is 0 Å². The van der Waals surface area contributed by atoms with E-state index in [1.165, 1.54) is 38.5 Å². The van der Waals surface area contributed by atoms with Crippen molar-refractivity contribution < 1.29 is 0 Å². The van der Waals surface area contributed by atoms with Gasteiger partial charge in [-0.1, -0.05) is 20.8 Å². The summed E-state index contributed by atoms with van der Waals surface area (Å²) in [7, 11) is 0. The third-order valence-corrected chi connectivity index (χ3v) is 5.86. The molecule has 4 saturated carbocycles. The largest absolute Gasteiger partial charge is 0.327 e. The van der Waals surface area contributed by atoms with Crippen molar-refractivity contribution in [2.45, 2.75) is 72.3 Å². The number of nitrogens with two attached hydrogens (primary N) is 1. The molecule has 4 bridgehead atoms. The minimum absolute atomic E-state index is 0.381. The fourth-order valence-electron chi connectivity index (χ4n) is 6.87. The Morgan fingerprint density at radius 3 is 1.31 bits per heavy atom. The highest BCUT2D eigenvalue weighted by molar-refractivity contribution is 5.15. The Morgan fingerprint density at radius 2 is 1.06 bits per heavy atom. The zero-order chi connectivity index (χ0) is 11.8. The predicted molar refractivity (Wildman–Crippen MR) is 68.1 cm³/mol. The minimum Gasteiger partial charge on any atom is -0.327 e. The van der Waals surface area contributed by atoms with Crippen LogP contribution in [0.1, 0.15) is 66.2 Å². The molecule has 0 spiro atoms. The van der Waals surface area contributed by atoms with Crippen molar-refractivity contribution in [2.24, 2.45) is 27.4 Å². The van der Waals surface area contributed by atoms with Crippen molar-refractivity contribution in [3.63, 3.8) is 0 Å². The van der Waals surface area contributed by atoms with E-state index in [9.17, 15) is 0 Å². The van der Waals surface area contributed by atoms with E-state index in [1.807, 2.05) is 0 Å². The van der Waals surface area contributed by atoms with Crippen LogP contribution < -0.4 is 5.73 Å². The first-order chi connectivity index (χ1) is 7.19. The van der Waals surface area contributed by atoms with Crippen molar-refractivity contribution in [3.8, 4) is 0 Å². The highest BCUT2D eigenvalue weighted by Gasteiger charge is 2.64. The molecule has 4 aliphatic carbocycles. The van der Waals surface area contributed by atoms with Crippen molar-refractivity contribution in [2.75, 3.05) is 0 Å². The van der Waals surface area contributed by atoms with Crippen LogP contribution in [-0.4, -0.2) is 6.04 Å². The molecule has 0 aliphatic heterocycles. The van der Waals surface area contributed by atoms with Gasteiger partial charge in [0.25, 0.3) is 0 Å². The first-order valence-corrected chi connectivity index (χ1v) is 6.94. The molecule has 92 valence electrons. The molecule has 0 aromatic rings. The van der Waals surface area contributed by atoms with Gasteiger partial charge < -0.3 is 5.73 Å². The molecule has 1 atom stereocenters. The average molecular weight is 221 g/mol. The normalized spacial score (nSPS) is 61.3. The highest BCUT2D eigenvalue weighted by Crippen LogP contribution is 2.74. The van der Waals surface area contributed by atoms with E-state index in [0.29, 0.717) is 27.7 Å². The van der Waals surface area contributed by atoms with Gasteiger partial charge in [-0.25, -0.2) is 0 Å². The first-order valence-electron chi connectivity index (χ1n) is 6.94. The summed E-state index contributed by atoms with van der Waals surface area (Å²) in [5.41, 5.74) is 8.60. The van der Waals surface area contributed by atoms with Gasteiger partial charge in [-0.2, -0.15) is 0 Å². The van der Waals surface area contributed by atoms with Gasteiger partial charge in [-0.15, -0.1) is 0 Å². The third-order valence-electron chi connectivity index (χ3n) is 5.86. The van der Waals surface area contributed by atoms with Gasteiger partial charge in [0, 0.05) is 6.04 Å². The minimum atomic E-state index is 0.381. The molecular formula is C15H27N. The first kappa shape index (κ1) is 11.1. The van der Waals surface area contributed by atoms with E-state index in [4.69, 9.17) is 5.73 Å². The predicted octanol–water partition coefficient (Wildman–Crippen LogP) is 3.72. The summed E-state index contributed by atoms with van der Waals surface area (Å²) in [5.74, 6) is 0. The Labute approximate surface area is 100 Å². The number of hydrogen-bond donors (Lipinski definition) is 1. The molecular weight excluding hydrogens is 194 g/mol. The molecule has 1 unspecified atom stereocenters. The molecule has 1 heteroatoms. The van der Waals surface area contributed by atoms with E-state index >= 15 is 0 Å². The standard InChI is InChI=1S/C15H27N/c1-11(16)15-8-12(2)5-13(3,9-15)7-14(4,6-12)10-15/h11H,5-10,16H2,1-4H3. The summed E-state index contributed by atoms with van der Waals surface area (Å²) >= 11 is 0. The van der Waals surface area contributed by atoms with Crippen LogP contribution in [0.4, 0.5) is 0 Å². The third kappa shape index (κ3) is 1.33. The average Bonchev–Trinajstić information content (AvgIpc) is 1.92. The molecule has 2 N–H and O–H groups in total. The number of hydrogen-bond acceptors (Lipinski definition) is 1. The molecule has 1 nitrogen and oxygen atoms in total. The van der Waals surface area contributed by atoms with E-state index in [-0.39, 0.29) is 0 Å². The lowest BCUT2D eigenvalue weighted by Crippen LogP contribution is -2.62. The van der Waals surface area contributed by atoms with E-state index in [2.05, 4.69) is 27.7 Å². The van der Waals surface area contributed by atoms with E-state index in [0.717, 1.165) is 0 Å². The highest BCUT2D eigenvalue weighted by atomic mass is 14.8. The molecule has 4 aliphatic rings. The van der Waals surface area contributed by atoms with Crippen LogP contribution in [-0.2, 0) is 0 Å². The summed E-state index contributed by atoms with van der Waals surface area (Å²) in [6.07, 6.45) is 8.52. The van der Waals surface area contributed by atoms with E-state index in [1.54, 1.807) is 0 Å². The smallest absolute Gasteiger partial charge is 0.00676 e. The van der Waals surface area contributed by atoms with Crippen molar-refractivity contribution in [1.29, 1.82) is 0 Å². The number of rotatable bonds is 1. The Kier molecular flexibility index (Phi) is 1.86. The summed E-state index contributed by atoms with van der Waals surface area (Å²) in [4.78, 5) is 0. The zero-order valence-corrected chi connectivity index (χ0v) is 11.4. The van der Waals surface area contributed by atoms with Crippen molar-refractivity contribution >= 4 is 0 Å². The quantitative estimate of drug-likeness (QED) is 0.717. The van der Waals surface area contributed by atoms with Crippen LogP contribution in [0.5, 0.6) is 0 Å². The maximum atomic E-state index is 6.37. The molecule has 0 aromatic heterocycles. The van der Waals surface area contributed by atoms with Crippen LogP contribution >= 0.6 is 0 Å². The van der Waals surface area contributed by atoms with Crippen LogP contribution in [0.15, 0.2) is 0 Å². The fourth-order valence-corrected chi connectivity index (χ4v) is 6.87. The Hall–Kier alpha value is -0.0400. The lowest BCUT2D eigenvalue weighted by molar-refractivity contribution is -0.189.